The number of hydrogen-bond acceptors (Lipinski definition) is 5. The van der Waals surface area contributed by atoms with Crippen LogP contribution in [0.3, 0.4) is 0 Å². The number of aryl methyl sites for hydroxylation is 2. The van der Waals surface area contributed by atoms with Crippen LogP contribution in [0, 0.1) is 13.8 Å². The molecule has 0 N–H and O–H groups in total. The Balaban J connectivity index is 1.80. The summed E-state index contributed by atoms with van der Waals surface area (Å²) in [6, 6.07) is 6.29. The fourth-order valence-corrected chi connectivity index (χ4v) is 4.98. The molecule has 4 nitrogen and oxygen atoms in total. The number of carbonyl (C=O) groups excluding carboxylic acids is 1. The minimum Gasteiger partial charge on any atom is -0.361 e. The van der Waals surface area contributed by atoms with Crippen molar-refractivity contribution < 1.29 is 9.32 Å². The molecule has 0 spiro atoms. The van der Waals surface area contributed by atoms with Crippen molar-refractivity contribution in [1.29, 1.82) is 0 Å². The minimum absolute atomic E-state index is 0.00815. The van der Waals surface area contributed by atoms with Crippen LogP contribution in [0.4, 0.5) is 0 Å². The van der Waals surface area contributed by atoms with E-state index in [9.17, 15) is 4.79 Å². The predicted molar refractivity (Wildman–Crippen MR) is 91.2 cm³/mol. The Morgan fingerprint density at radius 2 is 2.17 bits per heavy atom. The van der Waals surface area contributed by atoms with Gasteiger partial charge >= 0.3 is 0 Å². The number of nitrogens with zero attached hydrogens (tertiary/aromatic N) is 2. The monoisotopic (exact) mass is 344 g/mol. The van der Waals surface area contributed by atoms with E-state index < -0.39 is 0 Å². The van der Waals surface area contributed by atoms with Crippen LogP contribution in [0.25, 0.3) is 0 Å². The molecule has 1 atom stereocenters. The van der Waals surface area contributed by atoms with Gasteiger partial charge in [-0.05, 0) is 48.7 Å². The third kappa shape index (κ3) is 2.33. The molecule has 0 radical (unpaired) electrons. The second-order valence-corrected chi connectivity index (χ2v) is 7.64. The van der Waals surface area contributed by atoms with Gasteiger partial charge in [-0.25, -0.2) is 0 Å². The van der Waals surface area contributed by atoms with Crippen molar-refractivity contribution in [3.8, 4) is 0 Å². The Morgan fingerprint density at radius 1 is 1.30 bits per heavy atom. The lowest BCUT2D eigenvalue weighted by atomic mass is 9.97. The topological polar surface area (TPSA) is 46.3 Å². The Bertz CT molecular complexity index is 828. The van der Waals surface area contributed by atoms with Gasteiger partial charge in [0.05, 0.1) is 11.7 Å². The second kappa shape index (κ2) is 5.62. The highest BCUT2D eigenvalue weighted by molar-refractivity contribution is 7.10. The minimum atomic E-state index is -0.00815. The van der Waals surface area contributed by atoms with Gasteiger partial charge in [-0.15, -0.1) is 22.7 Å². The first kappa shape index (κ1) is 14.7. The molecule has 118 valence electrons. The van der Waals surface area contributed by atoms with Crippen molar-refractivity contribution in [2.75, 3.05) is 6.54 Å². The number of fused-ring (bicyclic) bond motifs is 1. The Morgan fingerprint density at radius 3 is 2.87 bits per heavy atom. The van der Waals surface area contributed by atoms with Crippen molar-refractivity contribution in [3.05, 3.63) is 61.3 Å². The fourth-order valence-electron chi connectivity index (χ4n) is 3.22. The summed E-state index contributed by atoms with van der Waals surface area (Å²) in [6.07, 6.45) is 0.907. The molecule has 1 aliphatic heterocycles. The molecule has 0 bridgehead atoms. The van der Waals surface area contributed by atoms with Crippen molar-refractivity contribution in [2.24, 2.45) is 0 Å². The van der Waals surface area contributed by atoms with Crippen LogP contribution in [0.2, 0.25) is 0 Å². The van der Waals surface area contributed by atoms with Gasteiger partial charge in [-0.1, -0.05) is 11.2 Å². The van der Waals surface area contributed by atoms with Crippen LogP contribution in [-0.4, -0.2) is 22.5 Å². The highest BCUT2D eigenvalue weighted by Gasteiger charge is 2.35. The van der Waals surface area contributed by atoms with Crippen molar-refractivity contribution in [1.82, 2.24) is 10.1 Å². The zero-order chi connectivity index (χ0) is 16.0. The molecule has 6 heteroatoms. The third-order valence-electron chi connectivity index (χ3n) is 4.29. The summed E-state index contributed by atoms with van der Waals surface area (Å²) in [5.41, 5.74) is 2.52. The smallest absolute Gasteiger partial charge is 0.260 e. The summed E-state index contributed by atoms with van der Waals surface area (Å²) in [5.74, 6) is 0.602. The lowest BCUT2D eigenvalue weighted by Gasteiger charge is -2.35. The number of hydrogen-bond donors (Lipinski definition) is 0. The molecule has 0 saturated carbocycles. The number of thiophene rings is 2. The number of amides is 1. The Labute approximate surface area is 142 Å². The number of aromatic nitrogens is 1. The molecule has 4 heterocycles. The molecule has 1 aliphatic rings. The van der Waals surface area contributed by atoms with Crippen molar-refractivity contribution in [3.63, 3.8) is 0 Å². The van der Waals surface area contributed by atoms with Gasteiger partial charge in [0, 0.05) is 16.3 Å². The fraction of sp³-hybridized carbons (Fsp3) is 0.294. The summed E-state index contributed by atoms with van der Waals surface area (Å²) in [6.45, 7) is 4.34. The maximum atomic E-state index is 13.2. The van der Waals surface area contributed by atoms with Gasteiger partial charge in [0.1, 0.15) is 11.3 Å². The molecule has 0 aromatic carbocycles. The molecule has 1 unspecified atom stereocenters. The van der Waals surface area contributed by atoms with E-state index in [-0.39, 0.29) is 11.9 Å². The standard InChI is InChI=1S/C17H16N2O2S2/c1-10-15(11(2)21-18-10)17(20)19-7-5-13-12(6-9-23-13)16(19)14-4-3-8-22-14/h3-4,6,8-9,16H,5,7H2,1-2H3. The molecule has 1 amide bonds. The van der Waals surface area contributed by atoms with E-state index in [0.717, 1.165) is 13.0 Å². The third-order valence-corrected chi connectivity index (χ3v) is 6.21. The van der Waals surface area contributed by atoms with Crippen molar-refractivity contribution in [2.45, 2.75) is 26.3 Å². The lowest BCUT2D eigenvalue weighted by Crippen LogP contribution is -2.40. The van der Waals surface area contributed by atoms with Gasteiger partial charge < -0.3 is 9.42 Å². The zero-order valence-electron chi connectivity index (χ0n) is 12.9. The summed E-state index contributed by atoms with van der Waals surface area (Å²) in [4.78, 5) is 17.7. The quantitative estimate of drug-likeness (QED) is 0.700. The number of carbonyl (C=O) groups is 1. The van der Waals surface area contributed by atoms with Crippen LogP contribution in [0.1, 0.15) is 43.2 Å². The molecule has 0 fully saturated rings. The van der Waals surface area contributed by atoms with E-state index in [1.54, 1.807) is 29.6 Å². The van der Waals surface area contributed by atoms with Gasteiger partial charge in [0.2, 0.25) is 0 Å². The molecule has 0 saturated heterocycles. The molecule has 3 aromatic heterocycles. The van der Waals surface area contributed by atoms with E-state index in [1.165, 1.54) is 15.3 Å². The molecule has 3 aromatic rings. The van der Waals surface area contributed by atoms with Crippen molar-refractivity contribution >= 4 is 28.6 Å². The summed E-state index contributed by atoms with van der Waals surface area (Å²) in [5, 5.41) is 8.12. The van der Waals surface area contributed by atoms with Gasteiger partial charge in [-0.3, -0.25) is 4.79 Å². The van der Waals surface area contributed by atoms with E-state index in [0.29, 0.717) is 17.0 Å². The average molecular weight is 344 g/mol. The first-order valence-corrected chi connectivity index (χ1v) is 9.26. The van der Waals surface area contributed by atoms with Crippen LogP contribution in [0.5, 0.6) is 0 Å². The van der Waals surface area contributed by atoms with Crippen LogP contribution < -0.4 is 0 Å². The van der Waals surface area contributed by atoms with E-state index in [4.69, 9.17) is 4.52 Å². The maximum absolute atomic E-state index is 13.2. The average Bonchev–Trinajstić information content (AvgIpc) is 3.27. The summed E-state index contributed by atoms with van der Waals surface area (Å²) < 4.78 is 5.19. The Kier molecular flexibility index (Phi) is 3.58. The Hall–Kier alpha value is -1.92. The second-order valence-electron chi connectivity index (χ2n) is 5.66. The van der Waals surface area contributed by atoms with Gasteiger partial charge in [-0.2, -0.15) is 0 Å². The SMILES string of the molecule is Cc1noc(C)c1C(=O)N1CCc2sccc2C1c1cccs1. The highest BCUT2D eigenvalue weighted by Crippen LogP contribution is 2.40. The largest absolute Gasteiger partial charge is 0.361 e. The van der Waals surface area contributed by atoms with Crippen LogP contribution in [-0.2, 0) is 6.42 Å². The molecular formula is C17H16N2O2S2. The molecular weight excluding hydrogens is 328 g/mol. The predicted octanol–water partition coefficient (Wildman–Crippen LogP) is 4.20. The maximum Gasteiger partial charge on any atom is 0.260 e. The van der Waals surface area contributed by atoms with E-state index in [1.807, 2.05) is 17.9 Å². The zero-order valence-corrected chi connectivity index (χ0v) is 14.5. The van der Waals surface area contributed by atoms with Gasteiger partial charge in [0.15, 0.2) is 0 Å². The molecule has 4 rings (SSSR count). The molecule has 23 heavy (non-hydrogen) atoms. The van der Waals surface area contributed by atoms with Gasteiger partial charge in [0.25, 0.3) is 5.91 Å². The lowest BCUT2D eigenvalue weighted by molar-refractivity contribution is 0.0696. The normalized spacial score (nSPS) is 17.3. The summed E-state index contributed by atoms with van der Waals surface area (Å²) in [7, 11) is 0. The first-order chi connectivity index (χ1) is 11.2. The van der Waals surface area contributed by atoms with E-state index in [2.05, 4.69) is 28.0 Å². The number of rotatable bonds is 2. The molecule has 0 aliphatic carbocycles. The highest BCUT2D eigenvalue weighted by atomic mass is 32.1. The van der Waals surface area contributed by atoms with Crippen LogP contribution >= 0.6 is 22.7 Å². The summed E-state index contributed by atoms with van der Waals surface area (Å²) >= 11 is 3.47. The van der Waals surface area contributed by atoms with E-state index >= 15 is 0 Å². The van der Waals surface area contributed by atoms with Crippen LogP contribution in [0.15, 0.2) is 33.5 Å². The first-order valence-electron chi connectivity index (χ1n) is 7.50.